The summed E-state index contributed by atoms with van der Waals surface area (Å²) < 4.78 is 8.49. The standard InChI is InChI=1S/C40H25N5O/c1-3-13-26(14-4-1)37-42-38(44-40(43-37)45-34-23-9-7-19-31(34)32-20-8-10-24-35(32)45)29-18-11-17-28(25-29)30-21-12-22-33-36(30)46-39(41-33)27-15-5-2-6-16-27/h1-25H. The summed E-state index contributed by atoms with van der Waals surface area (Å²) in [6, 6.07) is 51.1. The molecule has 0 aliphatic heterocycles. The highest BCUT2D eigenvalue weighted by atomic mass is 16.3. The topological polar surface area (TPSA) is 69.6 Å². The molecule has 46 heavy (non-hydrogen) atoms. The molecule has 0 aliphatic carbocycles. The molecule has 6 aromatic carbocycles. The third-order valence-electron chi connectivity index (χ3n) is 8.30. The third kappa shape index (κ3) is 4.35. The molecule has 6 nitrogen and oxygen atoms in total. The van der Waals surface area contributed by atoms with Gasteiger partial charge in [-0.05, 0) is 42.0 Å². The number of hydrogen-bond donors (Lipinski definition) is 0. The van der Waals surface area contributed by atoms with Crippen molar-refractivity contribution in [2.45, 2.75) is 0 Å². The molecule has 3 heterocycles. The van der Waals surface area contributed by atoms with Gasteiger partial charge in [-0.25, -0.2) is 9.97 Å². The maximum Gasteiger partial charge on any atom is 0.238 e. The zero-order valence-corrected chi connectivity index (χ0v) is 24.6. The Morgan fingerprint density at radius 2 is 1.00 bits per heavy atom. The first kappa shape index (κ1) is 26.0. The van der Waals surface area contributed by atoms with Gasteiger partial charge in [-0.15, -0.1) is 0 Å². The Morgan fingerprint density at radius 1 is 0.435 bits per heavy atom. The second-order valence-electron chi connectivity index (χ2n) is 11.1. The van der Waals surface area contributed by atoms with Crippen molar-refractivity contribution in [1.29, 1.82) is 0 Å². The zero-order valence-electron chi connectivity index (χ0n) is 24.6. The van der Waals surface area contributed by atoms with Crippen LogP contribution in [0.2, 0.25) is 0 Å². The Kier molecular flexibility index (Phi) is 6.03. The van der Waals surface area contributed by atoms with Crippen LogP contribution in [0.5, 0.6) is 0 Å². The fourth-order valence-corrected chi connectivity index (χ4v) is 6.15. The Hall–Kier alpha value is -6.40. The van der Waals surface area contributed by atoms with Crippen molar-refractivity contribution in [1.82, 2.24) is 24.5 Å². The van der Waals surface area contributed by atoms with Gasteiger partial charge < -0.3 is 4.42 Å². The van der Waals surface area contributed by atoms with Crippen molar-refractivity contribution >= 4 is 32.9 Å². The first-order valence-corrected chi connectivity index (χ1v) is 15.2. The van der Waals surface area contributed by atoms with Gasteiger partial charge in [0.2, 0.25) is 11.8 Å². The highest BCUT2D eigenvalue weighted by molar-refractivity contribution is 6.09. The minimum Gasteiger partial charge on any atom is -0.435 e. The predicted octanol–water partition coefficient (Wildman–Crippen LogP) is 9.78. The number of para-hydroxylation sites is 3. The van der Waals surface area contributed by atoms with Crippen molar-refractivity contribution in [3.63, 3.8) is 0 Å². The quantitative estimate of drug-likeness (QED) is 0.199. The summed E-state index contributed by atoms with van der Waals surface area (Å²) in [6.45, 7) is 0. The first-order chi connectivity index (χ1) is 22.8. The molecule has 6 heteroatoms. The summed E-state index contributed by atoms with van der Waals surface area (Å²) in [5.41, 5.74) is 8.30. The van der Waals surface area contributed by atoms with Crippen LogP contribution in [0.4, 0.5) is 0 Å². The lowest BCUT2D eigenvalue weighted by atomic mass is 10.0. The highest BCUT2D eigenvalue weighted by Gasteiger charge is 2.18. The van der Waals surface area contributed by atoms with Gasteiger partial charge in [-0.1, -0.05) is 115 Å². The lowest BCUT2D eigenvalue weighted by Crippen LogP contribution is -2.06. The van der Waals surface area contributed by atoms with Gasteiger partial charge in [-0.2, -0.15) is 9.97 Å². The van der Waals surface area contributed by atoms with Crippen LogP contribution in [0, 0.1) is 0 Å². The van der Waals surface area contributed by atoms with E-state index in [1.807, 2.05) is 84.9 Å². The second-order valence-corrected chi connectivity index (χ2v) is 11.1. The maximum absolute atomic E-state index is 6.36. The number of rotatable bonds is 5. The Bertz CT molecular complexity index is 2480. The fraction of sp³-hybridized carbons (Fsp3) is 0. The summed E-state index contributed by atoms with van der Waals surface area (Å²) >= 11 is 0. The van der Waals surface area contributed by atoms with Gasteiger partial charge in [0.05, 0.1) is 11.0 Å². The SMILES string of the molecule is c1ccc(-c2nc(-c3cccc(-c4cccc5nc(-c6ccccc6)oc45)c3)nc(-n3c4ccccc4c4ccccc43)n2)cc1. The van der Waals surface area contributed by atoms with Crippen molar-refractivity contribution in [2.24, 2.45) is 0 Å². The van der Waals surface area contributed by atoms with Crippen molar-refractivity contribution in [2.75, 3.05) is 0 Å². The number of fused-ring (bicyclic) bond motifs is 4. The van der Waals surface area contributed by atoms with E-state index in [1.54, 1.807) is 0 Å². The number of oxazole rings is 1. The molecule has 3 aromatic heterocycles. The molecule has 0 amide bonds. The summed E-state index contributed by atoms with van der Waals surface area (Å²) in [5, 5.41) is 2.30. The summed E-state index contributed by atoms with van der Waals surface area (Å²) in [6.07, 6.45) is 0. The van der Waals surface area contributed by atoms with Gasteiger partial charge in [0, 0.05) is 33.0 Å². The summed E-state index contributed by atoms with van der Waals surface area (Å²) in [4.78, 5) is 20.0. The molecule has 0 atom stereocenters. The number of nitrogens with zero attached hydrogens (tertiary/aromatic N) is 5. The minimum atomic E-state index is 0.566. The fourth-order valence-electron chi connectivity index (χ4n) is 6.15. The van der Waals surface area contributed by atoms with E-state index in [2.05, 4.69) is 71.3 Å². The molecule has 0 aliphatic rings. The van der Waals surface area contributed by atoms with Crippen LogP contribution in [-0.4, -0.2) is 24.5 Å². The van der Waals surface area contributed by atoms with E-state index in [0.29, 0.717) is 23.5 Å². The average Bonchev–Trinajstić information content (AvgIpc) is 3.72. The molecule has 0 unspecified atom stereocenters. The zero-order chi connectivity index (χ0) is 30.5. The monoisotopic (exact) mass is 591 g/mol. The molecular formula is C40H25N5O. The van der Waals surface area contributed by atoms with E-state index in [-0.39, 0.29) is 0 Å². The minimum absolute atomic E-state index is 0.566. The molecule has 0 N–H and O–H groups in total. The molecular weight excluding hydrogens is 566 g/mol. The molecule has 0 spiro atoms. The first-order valence-electron chi connectivity index (χ1n) is 15.2. The third-order valence-corrected chi connectivity index (χ3v) is 8.30. The Balaban J connectivity index is 1.23. The van der Waals surface area contributed by atoms with Crippen LogP contribution in [0.15, 0.2) is 156 Å². The van der Waals surface area contributed by atoms with E-state index >= 15 is 0 Å². The summed E-state index contributed by atoms with van der Waals surface area (Å²) in [7, 11) is 0. The summed E-state index contributed by atoms with van der Waals surface area (Å²) in [5.74, 6) is 2.36. The van der Waals surface area contributed by atoms with E-state index in [0.717, 1.165) is 60.7 Å². The van der Waals surface area contributed by atoms with Gasteiger partial charge in [0.25, 0.3) is 0 Å². The smallest absolute Gasteiger partial charge is 0.238 e. The van der Waals surface area contributed by atoms with E-state index < -0.39 is 0 Å². The van der Waals surface area contributed by atoms with Crippen LogP contribution in [0.3, 0.4) is 0 Å². The Labute approximate surface area is 264 Å². The molecule has 0 bridgehead atoms. The average molecular weight is 592 g/mol. The van der Waals surface area contributed by atoms with Crippen LogP contribution in [-0.2, 0) is 0 Å². The normalized spacial score (nSPS) is 11.5. The largest absolute Gasteiger partial charge is 0.435 e. The molecule has 0 radical (unpaired) electrons. The molecule has 216 valence electrons. The molecule has 9 rings (SSSR count). The predicted molar refractivity (Wildman–Crippen MR) is 183 cm³/mol. The van der Waals surface area contributed by atoms with Gasteiger partial charge in [-0.3, -0.25) is 4.57 Å². The van der Waals surface area contributed by atoms with Gasteiger partial charge >= 0.3 is 0 Å². The highest BCUT2D eigenvalue weighted by Crippen LogP contribution is 2.35. The van der Waals surface area contributed by atoms with Crippen molar-refractivity contribution in [3.05, 3.63) is 152 Å². The molecule has 0 fully saturated rings. The van der Waals surface area contributed by atoms with Crippen molar-refractivity contribution < 1.29 is 4.42 Å². The number of aromatic nitrogens is 5. The lowest BCUT2D eigenvalue weighted by molar-refractivity contribution is 0.621. The van der Waals surface area contributed by atoms with Gasteiger partial charge in [0.1, 0.15) is 5.52 Å². The van der Waals surface area contributed by atoms with E-state index in [1.165, 1.54) is 0 Å². The maximum atomic E-state index is 6.36. The number of benzene rings is 6. The lowest BCUT2D eigenvalue weighted by Gasteiger charge is -2.11. The van der Waals surface area contributed by atoms with Gasteiger partial charge in [0.15, 0.2) is 17.2 Å². The van der Waals surface area contributed by atoms with Crippen LogP contribution < -0.4 is 0 Å². The van der Waals surface area contributed by atoms with Crippen LogP contribution in [0.25, 0.3) is 84.2 Å². The van der Waals surface area contributed by atoms with Crippen LogP contribution >= 0.6 is 0 Å². The number of hydrogen-bond acceptors (Lipinski definition) is 5. The van der Waals surface area contributed by atoms with Crippen LogP contribution in [0.1, 0.15) is 0 Å². The second kappa shape index (κ2) is 10.6. The van der Waals surface area contributed by atoms with E-state index in [9.17, 15) is 0 Å². The molecule has 9 aromatic rings. The molecule has 0 saturated heterocycles. The molecule has 0 saturated carbocycles. The van der Waals surface area contributed by atoms with Crippen molar-refractivity contribution in [3.8, 4) is 51.3 Å². The van der Waals surface area contributed by atoms with E-state index in [4.69, 9.17) is 24.4 Å². The Morgan fingerprint density at radius 3 is 1.72 bits per heavy atom.